The highest BCUT2D eigenvalue weighted by Gasteiger charge is 2.10. The highest BCUT2D eigenvalue weighted by Crippen LogP contribution is 2.32. The summed E-state index contributed by atoms with van der Waals surface area (Å²) in [6.45, 7) is 0. The second-order valence-corrected chi connectivity index (χ2v) is 3.22. The van der Waals surface area contributed by atoms with E-state index in [2.05, 4.69) is 4.98 Å². The highest BCUT2D eigenvalue weighted by molar-refractivity contribution is 5.98. The van der Waals surface area contributed by atoms with Gasteiger partial charge in [0.25, 0.3) is 0 Å². The molecule has 0 saturated heterocycles. The molecule has 16 heavy (non-hydrogen) atoms. The second kappa shape index (κ2) is 4.18. The summed E-state index contributed by atoms with van der Waals surface area (Å²) in [6, 6.07) is 5.29. The van der Waals surface area contributed by atoms with Gasteiger partial charge in [-0.3, -0.25) is 4.79 Å². The molecule has 0 unspecified atom stereocenters. The van der Waals surface area contributed by atoms with E-state index in [0.717, 1.165) is 17.1 Å². The van der Waals surface area contributed by atoms with Crippen LogP contribution >= 0.6 is 0 Å². The Morgan fingerprint density at radius 3 is 2.56 bits per heavy atom. The summed E-state index contributed by atoms with van der Waals surface area (Å²) in [5.41, 5.74) is 0.517. The minimum atomic E-state index is 0.517. The van der Waals surface area contributed by atoms with Crippen molar-refractivity contribution in [3.05, 3.63) is 30.0 Å². The van der Waals surface area contributed by atoms with Crippen LogP contribution in [0.5, 0.6) is 11.6 Å². The maximum atomic E-state index is 10.9. The lowest BCUT2D eigenvalue weighted by molar-refractivity contribution is 0.112. The van der Waals surface area contributed by atoms with E-state index in [0.29, 0.717) is 17.2 Å². The van der Waals surface area contributed by atoms with Crippen LogP contribution in [-0.2, 0) is 0 Å². The molecule has 0 radical (unpaired) electrons. The molecule has 0 atom stereocenters. The van der Waals surface area contributed by atoms with Crippen molar-refractivity contribution in [2.45, 2.75) is 0 Å². The first-order chi connectivity index (χ1) is 7.81. The Balaban J connectivity index is 2.83. The third-order valence-electron chi connectivity index (χ3n) is 2.41. The van der Waals surface area contributed by atoms with Gasteiger partial charge in [-0.25, -0.2) is 4.98 Å². The lowest BCUT2D eigenvalue weighted by atomic mass is 10.1. The monoisotopic (exact) mass is 217 g/mol. The molecule has 0 aliphatic rings. The molecular weight excluding hydrogens is 206 g/mol. The van der Waals surface area contributed by atoms with E-state index < -0.39 is 0 Å². The molecule has 0 aliphatic carbocycles. The number of benzene rings is 1. The molecule has 0 spiro atoms. The lowest BCUT2D eigenvalue weighted by Crippen LogP contribution is -1.94. The standard InChI is InChI=1S/C12H11NO3/c1-15-11-8(7-14)3-4-10-9(11)5-6-13-12(10)16-2/h3-7H,1-2H3. The SMILES string of the molecule is COc1nccc2c(OC)c(C=O)ccc12. The molecule has 4 heteroatoms. The van der Waals surface area contributed by atoms with Crippen LogP contribution in [0.4, 0.5) is 0 Å². The molecule has 2 aromatic rings. The van der Waals surface area contributed by atoms with Crippen LogP contribution in [-0.4, -0.2) is 25.5 Å². The number of pyridine rings is 1. The van der Waals surface area contributed by atoms with Crippen molar-refractivity contribution in [3.63, 3.8) is 0 Å². The van der Waals surface area contributed by atoms with Crippen molar-refractivity contribution in [3.8, 4) is 11.6 Å². The summed E-state index contributed by atoms with van der Waals surface area (Å²) in [4.78, 5) is 14.9. The van der Waals surface area contributed by atoms with E-state index in [1.165, 1.54) is 7.11 Å². The minimum Gasteiger partial charge on any atom is -0.495 e. The quantitative estimate of drug-likeness (QED) is 0.738. The number of rotatable bonds is 3. The smallest absolute Gasteiger partial charge is 0.221 e. The van der Waals surface area contributed by atoms with Gasteiger partial charge in [-0.15, -0.1) is 0 Å². The van der Waals surface area contributed by atoms with Crippen LogP contribution in [0, 0.1) is 0 Å². The zero-order chi connectivity index (χ0) is 11.5. The van der Waals surface area contributed by atoms with Crippen LogP contribution in [0.3, 0.4) is 0 Å². The summed E-state index contributed by atoms with van der Waals surface area (Å²) < 4.78 is 10.4. The Labute approximate surface area is 92.8 Å². The van der Waals surface area contributed by atoms with E-state index in [1.807, 2.05) is 0 Å². The van der Waals surface area contributed by atoms with E-state index in [-0.39, 0.29) is 0 Å². The predicted molar refractivity (Wildman–Crippen MR) is 60.2 cm³/mol. The van der Waals surface area contributed by atoms with Crippen LogP contribution in [0.25, 0.3) is 10.8 Å². The van der Waals surface area contributed by atoms with Crippen molar-refractivity contribution in [1.29, 1.82) is 0 Å². The minimum absolute atomic E-state index is 0.517. The molecule has 0 saturated carbocycles. The Bertz CT molecular complexity index is 537. The lowest BCUT2D eigenvalue weighted by Gasteiger charge is -2.09. The first kappa shape index (κ1) is 10.4. The fraction of sp³-hybridized carbons (Fsp3) is 0.167. The average molecular weight is 217 g/mol. The van der Waals surface area contributed by atoms with Crippen LogP contribution in [0.1, 0.15) is 10.4 Å². The highest BCUT2D eigenvalue weighted by atomic mass is 16.5. The summed E-state index contributed by atoms with van der Waals surface area (Å²) >= 11 is 0. The van der Waals surface area contributed by atoms with Gasteiger partial charge >= 0.3 is 0 Å². The van der Waals surface area contributed by atoms with Gasteiger partial charge in [0, 0.05) is 17.0 Å². The van der Waals surface area contributed by atoms with Crippen LogP contribution in [0.2, 0.25) is 0 Å². The molecule has 2 rings (SSSR count). The molecule has 0 fully saturated rings. The van der Waals surface area contributed by atoms with Crippen molar-refractivity contribution in [1.82, 2.24) is 4.98 Å². The van der Waals surface area contributed by atoms with Crippen molar-refractivity contribution in [2.75, 3.05) is 14.2 Å². The van der Waals surface area contributed by atoms with E-state index in [1.54, 1.807) is 31.5 Å². The number of hydrogen-bond donors (Lipinski definition) is 0. The molecular formula is C12H11NO3. The molecule has 0 aliphatic heterocycles. The van der Waals surface area contributed by atoms with Crippen molar-refractivity contribution < 1.29 is 14.3 Å². The number of nitrogens with zero attached hydrogens (tertiary/aromatic N) is 1. The number of ether oxygens (including phenoxy) is 2. The summed E-state index contributed by atoms with van der Waals surface area (Å²) in [5.74, 6) is 1.07. The number of carbonyl (C=O) groups is 1. The van der Waals surface area contributed by atoms with Crippen LogP contribution < -0.4 is 9.47 Å². The molecule has 4 nitrogen and oxygen atoms in total. The van der Waals surface area contributed by atoms with Gasteiger partial charge in [0.15, 0.2) is 6.29 Å². The zero-order valence-electron chi connectivity index (χ0n) is 9.06. The summed E-state index contributed by atoms with van der Waals surface area (Å²) in [5, 5.41) is 1.64. The average Bonchev–Trinajstić information content (AvgIpc) is 2.36. The molecule has 82 valence electrons. The first-order valence-corrected chi connectivity index (χ1v) is 4.76. The maximum absolute atomic E-state index is 10.9. The second-order valence-electron chi connectivity index (χ2n) is 3.22. The van der Waals surface area contributed by atoms with Gasteiger partial charge in [0.05, 0.1) is 19.8 Å². The Morgan fingerprint density at radius 1 is 1.12 bits per heavy atom. The van der Waals surface area contributed by atoms with Gasteiger partial charge in [-0.2, -0.15) is 0 Å². The Kier molecular flexibility index (Phi) is 2.72. The largest absolute Gasteiger partial charge is 0.495 e. The predicted octanol–water partition coefficient (Wildman–Crippen LogP) is 2.06. The van der Waals surface area contributed by atoms with E-state index >= 15 is 0 Å². The molecule has 1 aromatic carbocycles. The molecule has 0 amide bonds. The normalized spacial score (nSPS) is 10.1. The molecule has 0 N–H and O–H groups in total. The summed E-state index contributed by atoms with van der Waals surface area (Å²) in [7, 11) is 3.09. The van der Waals surface area contributed by atoms with Gasteiger partial charge < -0.3 is 9.47 Å². The van der Waals surface area contributed by atoms with Gasteiger partial charge in [-0.1, -0.05) is 0 Å². The number of carbonyl (C=O) groups excluding carboxylic acids is 1. The van der Waals surface area contributed by atoms with Crippen LogP contribution in [0.15, 0.2) is 24.4 Å². The summed E-state index contributed by atoms with van der Waals surface area (Å²) in [6.07, 6.45) is 2.39. The number of aldehydes is 1. The first-order valence-electron chi connectivity index (χ1n) is 4.76. The maximum Gasteiger partial charge on any atom is 0.221 e. The van der Waals surface area contributed by atoms with E-state index in [9.17, 15) is 4.79 Å². The number of hydrogen-bond acceptors (Lipinski definition) is 4. The fourth-order valence-electron chi connectivity index (χ4n) is 1.70. The zero-order valence-corrected chi connectivity index (χ0v) is 9.06. The van der Waals surface area contributed by atoms with Crippen molar-refractivity contribution in [2.24, 2.45) is 0 Å². The number of methoxy groups -OCH3 is 2. The van der Waals surface area contributed by atoms with E-state index in [4.69, 9.17) is 9.47 Å². The fourth-order valence-corrected chi connectivity index (χ4v) is 1.70. The Morgan fingerprint density at radius 2 is 1.94 bits per heavy atom. The van der Waals surface area contributed by atoms with Gasteiger partial charge in [0.2, 0.25) is 5.88 Å². The molecule has 1 aromatic heterocycles. The van der Waals surface area contributed by atoms with Crippen molar-refractivity contribution >= 4 is 17.1 Å². The third-order valence-corrected chi connectivity index (χ3v) is 2.41. The molecule has 0 bridgehead atoms. The third kappa shape index (κ3) is 1.48. The number of fused-ring (bicyclic) bond motifs is 1. The molecule has 1 heterocycles. The Hall–Kier alpha value is -2.10. The van der Waals surface area contributed by atoms with Gasteiger partial charge in [-0.05, 0) is 18.2 Å². The topological polar surface area (TPSA) is 48.4 Å². The van der Waals surface area contributed by atoms with Gasteiger partial charge in [0.1, 0.15) is 5.75 Å². The number of aromatic nitrogens is 1.